The van der Waals surface area contributed by atoms with Gasteiger partial charge in [0.1, 0.15) is 10.0 Å². The highest BCUT2D eigenvalue weighted by atomic mass is 35.5. The number of hydrogen-bond donors (Lipinski definition) is 5. The number of hydrazone groups is 1. The lowest BCUT2D eigenvalue weighted by Crippen LogP contribution is -2.35. The van der Waals surface area contributed by atoms with Crippen molar-refractivity contribution in [1.29, 1.82) is 0 Å². The number of aromatic nitrogens is 4. The van der Waals surface area contributed by atoms with Gasteiger partial charge in [-0.2, -0.15) is 4.99 Å². The number of rotatable bonds is 5. The molecule has 6 aromatic rings. The molecule has 0 spiro atoms. The van der Waals surface area contributed by atoms with Crippen molar-refractivity contribution in [3.8, 4) is 22.5 Å². The minimum Gasteiger partial charge on any atom is -0.365 e. The quantitative estimate of drug-likeness (QED) is 0.0404. The summed E-state index contributed by atoms with van der Waals surface area (Å²) in [6.07, 6.45) is 0. The van der Waals surface area contributed by atoms with Gasteiger partial charge in [-0.1, -0.05) is 88.3 Å². The van der Waals surface area contributed by atoms with Crippen molar-refractivity contribution in [2.24, 2.45) is 27.3 Å². The Labute approximate surface area is 316 Å². The Hall–Kier alpha value is -5.94. The highest BCUT2D eigenvalue weighted by Crippen LogP contribution is 2.31. The monoisotopic (exact) mass is 785 g/mol. The number of nitro groups is 1. The average Bonchev–Trinajstić information content (AvgIpc) is 3.05. The zero-order valence-corrected chi connectivity index (χ0v) is 30.2. The summed E-state index contributed by atoms with van der Waals surface area (Å²) >= 11 is 18.1. The number of hydrogen-bond acceptors (Lipinski definition) is 8. The number of nitrogens with one attached hydrogen (secondary N) is 1. The van der Waals surface area contributed by atoms with E-state index in [1.165, 1.54) is 5.56 Å². The molecule has 4 aromatic carbocycles. The van der Waals surface area contributed by atoms with Gasteiger partial charge in [-0.15, -0.1) is 12.4 Å². The second kappa shape index (κ2) is 18.3. The van der Waals surface area contributed by atoms with Gasteiger partial charge in [0.2, 0.25) is 5.28 Å². The molecule has 52 heavy (non-hydrogen) atoms. The minimum absolute atomic E-state index is 0. The second-order valence-corrected chi connectivity index (χ2v) is 11.6. The van der Waals surface area contributed by atoms with Crippen LogP contribution in [0.3, 0.4) is 0 Å². The molecular formula is C32H29Cl4N12O4+. The molecule has 6 rings (SSSR count). The molecule has 0 aliphatic carbocycles. The summed E-state index contributed by atoms with van der Waals surface area (Å²) in [5.41, 5.74) is 23.4. The molecule has 0 saturated heterocycles. The van der Waals surface area contributed by atoms with E-state index >= 15 is 0 Å². The van der Waals surface area contributed by atoms with E-state index in [-0.39, 0.29) is 23.6 Å². The van der Waals surface area contributed by atoms with Crippen LogP contribution in [0.5, 0.6) is 0 Å². The molecule has 0 radical (unpaired) electrons. The van der Waals surface area contributed by atoms with Gasteiger partial charge in [0.15, 0.2) is 5.03 Å². The third-order valence-electron chi connectivity index (χ3n) is 6.55. The first kappa shape index (κ1) is 40.5. The Kier molecular flexibility index (Phi) is 14.3. The number of fused-ring (bicyclic) bond motifs is 2. The Morgan fingerprint density at radius 1 is 0.731 bits per heavy atom. The summed E-state index contributed by atoms with van der Waals surface area (Å²) in [4.78, 5) is 40.9. The first-order chi connectivity index (χ1) is 24.2. The van der Waals surface area contributed by atoms with Crippen molar-refractivity contribution < 1.29 is 15.3 Å². The molecule has 2 aromatic heterocycles. The van der Waals surface area contributed by atoms with Crippen molar-refractivity contribution in [2.75, 3.05) is 0 Å². The zero-order valence-electron chi connectivity index (χ0n) is 27.1. The zero-order chi connectivity index (χ0) is 37.2. The number of nitrogens with two attached hydrogens (primary N) is 3. The summed E-state index contributed by atoms with van der Waals surface area (Å²) < 4.78 is 0. The maximum absolute atomic E-state index is 10.4. The van der Waals surface area contributed by atoms with Crippen LogP contribution < -0.4 is 22.6 Å². The second-order valence-electron chi connectivity index (χ2n) is 10.4. The number of aliphatic imine (C=N–C) groups is 1. The molecular weight excluding hydrogens is 758 g/mol. The van der Waals surface area contributed by atoms with Crippen molar-refractivity contribution in [1.82, 2.24) is 25.4 Å². The molecule has 0 unspecified atom stereocenters. The van der Waals surface area contributed by atoms with Crippen molar-refractivity contribution in [3.63, 3.8) is 0 Å². The van der Waals surface area contributed by atoms with Crippen LogP contribution in [-0.2, 0) is 0 Å². The topological polar surface area (TPSA) is 250 Å². The molecule has 0 bridgehead atoms. The van der Waals surface area contributed by atoms with E-state index < -0.39 is 22.0 Å². The Balaban J connectivity index is 0.000000239. The third-order valence-corrected chi connectivity index (χ3v) is 7.19. The number of halogens is 4. The Morgan fingerprint density at radius 3 is 1.62 bits per heavy atom. The summed E-state index contributed by atoms with van der Waals surface area (Å²) in [5, 5.41) is 22.3. The highest BCUT2D eigenvalue weighted by Gasteiger charge is 2.12. The minimum atomic E-state index is -0.805. The maximum Gasteiger partial charge on any atom is 0.391 e. The predicted molar refractivity (Wildman–Crippen MR) is 204 cm³/mol. The molecule has 20 heteroatoms. The molecule has 0 saturated carbocycles. The normalized spacial score (nSPS) is 10.5. The Bertz CT molecular complexity index is 2290. The van der Waals surface area contributed by atoms with Crippen LogP contribution in [0, 0.1) is 28.9 Å². The largest absolute Gasteiger partial charge is 0.391 e. The van der Waals surface area contributed by atoms with Crippen LogP contribution in [0.2, 0.25) is 15.3 Å². The summed E-state index contributed by atoms with van der Waals surface area (Å²) in [6, 6.07) is 26.6. The van der Waals surface area contributed by atoms with Crippen LogP contribution in [-0.4, -0.2) is 47.1 Å². The lowest BCUT2D eigenvalue weighted by atomic mass is 10.1. The fourth-order valence-electron chi connectivity index (χ4n) is 4.40. The SMILES string of the molecule is Cc1ccc(-c2nc(Cl)nc3ccc(Cl)cc23)cc1.Cc1ccc(-c2nc(N=C(N)N[N+](=O)[O-])nc3ccc(Cl)cc23)cc1.Cl.NC(N)=N[N+](=O)O. The molecule has 0 aliphatic rings. The molecule has 0 atom stereocenters. The predicted octanol–water partition coefficient (Wildman–Crippen LogP) is 6.66. The van der Waals surface area contributed by atoms with Gasteiger partial charge < -0.3 is 17.2 Å². The van der Waals surface area contributed by atoms with Crippen molar-refractivity contribution in [2.45, 2.75) is 13.8 Å². The number of hydrazine groups is 1. The summed E-state index contributed by atoms with van der Waals surface area (Å²) in [5.74, 6) is -0.872. The van der Waals surface area contributed by atoms with Gasteiger partial charge in [-0.25, -0.2) is 35.3 Å². The van der Waals surface area contributed by atoms with Gasteiger partial charge in [0.05, 0.1) is 22.4 Å². The Morgan fingerprint density at radius 2 is 1.19 bits per heavy atom. The van der Waals surface area contributed by atoms with Crippen LogP contribution in [0.4, 0.5) is 5.95 Å². The fraction of sp³-hybridized carbons (Fsp3) is 0.0625. The van der Waals surface area contributed by atoms with E-state index in [1.807, 2.05) is 74.5 Å². The summed E-state index contributed by atoms with van der Waals surface area (Å²) in [7, 11) is 0. The highest BCUT2D eigenvalue weighted by molar-refractivity contribution is 6.32. The number of guanidine groups is 2. The number of benzene rings is 4. The van der Waals surface area contributed by atoms with E-state index in [4.69, 9.17) is 45.7 Å². The molecule has 16 nitrogen and oxygen atoms in total. The van der Waals surface area contributed by atoms with Gasteiger partial charge >= 0.3 is 5.03 Å². The van der Waals surface area contributed by atoms with E-state index in [9.17, 15) is 15.0 Å². The lowest BCUT2D eigenvalue weighted by molar-refractivity contribution is -0.796. The third kappa shape index (κ3) is 11.6. The first-order valence-electron chi connectivity index (χ1n) is 14.4. The van der Waals surface area contributed by atoms with Crippen LogP contribution >= 0.6 is 47.2 Å². The average molecular weight is 787 g/mol. The van der Waals surface area contributed by atoms with Crippen LogP contribution in [0.1, 0.15) is 11.1 Å². The smallest absolute Gasteiger partial charge is 0.365 e. The molecule has 0 amide bonds. The van der Waals surface area contributed by atoms with Crippen LogP contribution in [0.25, 0.3) is 44.3 Å². The lowest BCUT2D eigenvalue weighted by Gasteiger charge is -2.08. The molecule has 8 N–H and O–H groups in total. The van der Waals surface area contributed by atoms with Crippen LogP contribution in [0.15, 0.2) is 95.0 Å². The van der Waals surface area contributed by atoms with Crippen molar-refractivity contribution in [3.05, 3.63) is 126 Å². The maximum atomic E-state index is 10.4. The van der Waals surface area contributed by atoms with Crippen molar-refractivity contribution >= 4 is 86.9 Å². The van der Waals surface area contributed by atoms with Gasteiger partial charge in [0.25, 0.3) is 17.9 Å². The van der Waals surface area contributed by atoms with E-state index in [0.717, 1.165) is 38.7 Å². The van der Waals surface area contributed by atoms with E-state index in [1.54, 1.807) is 29.7 Å². The molecule has 0 fully saturated rings. The van der Waals surface area contributed by atoms with Gasteiger partial charge in [-0.05, 0) is 61.8 Å². The standard InChI is InChI=1S/C16H13ClN6O2.C15H10Cl2N2.CH5N4O2.ClH/c1-9-2-4-10(5-3-9)14-12-8-11(17)6-7-13(12)19-16(20-14)21-15(18)22-23(24)25;1-9-2-4-10(5-3-9)14-12-8-11(16)6-7-13(12)18-15(17)19-14;2-1(3)4-5(6)7;/h2-8H,1H3,(H3,18,19,20,21,22);2-8H,1H3;(H,6,7)(H4,2,3,4);1H/q;;+1;. The molecule has 0 aliphatic heterocycles. The molecule has 268 valence electrons. The number of nitrogens with zero attached hydrogens (tertiary/aromatic N) is 8. The van der Waals surface area contributed by atoms with Gasteiger partial charge in [0, 0.05) is 31.9 Å². The van der Waals surface area contributed by atoms with E-state index in [0.29, 0.717) is 21.3 Å². The first-order valence-corrected chi connectivity index (χ1v) is 15.6. The van der Waals surface area contributed by atoms with Gasteiger partial charge in [-0.3, -0.25) is 0 Å². The molecule has 2 heterocycles. The fourth-order valence-corrected chi connectivity index (χ4v) is 4.92. The summed E-state index contributed by atoms with van der Waals surface area (Å²) in [6.45, 7) is 4.03. The van der Waals surface area contributed by atoms with E-state index in [2.05, 4.69) is 41.5 Å². The number of aryl methyl sites for hydroxylation is 2.